The number of benzene rings is 2. The van der Waals surface area contributed by atoms with Crippen LogP contribution in [0, 0.1) is 11.2 Å². The van der Waals surface area contributed by atoms with Gasteiger partial charge in [0, 0.05) is 11.8 Å². The molecule has 0 atom stereocenters. The number of carbonyl (C=O) groups is 1. The van der Waals surface area contributed by atoms with Crippen LogP contribution in [0.4, 0.5) is 4.39 Å². The van der Waals surface area contributed by atoms with Gasteiger partial charge in [0.05, 0.1) is 24.6 Å². The number of fused-ring (bicyclic) bond motifs is 1. The van der Waals surface area contributed by atoms with Gasteiger partial charge in [-0.05, 0) is 47.9 Å². The number of aliphatic imine (C=N–C) groups is 1. The molecule has 0 saturated carbocycles. The Balaban J connectivity index is 1.70. The maximum atomic E-state index is 13.2. The van der Waals surface area contributed by atoms with Crippen LogP contribution in [0.25, 0.3) is 6.08 Å². The molecule has 186 valence electrons. The van der Waals surface area contributed by atoms with Crippen LogP contribution in [0.5, 0.6) is 11.5 Å². The molecule has 0 aromatic heterocycles. The lowest BCUT2D eigenvalue weighted by Gasteiger charge is -2.24. The van der Waals surface area contributed by atoms with Crippen molar-refractivity contribution in [3.8, 4) is 11.5 Å². The molecule has 2 aromatic rings. The number of rotatable bonds is 7. The van der Waals surface area contributed by atoms with Gasteiger partial charge in [-0.1, -0.05) is 18.2 Å². The van der Waals surface area contributed by atoms with Crippen molar-refractivity contribution >= 4 is 49.9 Å². The second-order valence-electron chi connectivity index (χ2n) is 7.80. The monoisotopic (exact) mass is 528 g/mol. The minimum absolute atomic E-state index is 0.0112. The Morgan fingerprint density at radius 1 is 1.25 bits per heavy atom. The van der Waals surface area contributed by atoms with Crippen molar-refractivity contribution in [2.45, 2.75) is 13.0 Å². The fourth-order valence-corrected chi connectivity index (χ4v) is 5.37. The van der Waals surface area contributed by atoms with Gasteiger partial charge in [-0.15, -0.1) is 6.58 Å². The fraction of sp³-hybridized carbons (Fsp3) is 0.167. The number of ether oxygens (including phenoxy) is 2. The highest BCUT2D eigenvalue weighted by Crippen LogP contribution is 2.36. The van der Waals surface area contributed by atoms with Gasteiger partial charge in [0.25, 0.3) is 5.91 Å². The lowest BCUT2D eigenvalue weighted by molar-refractivity contribution is -0.114. The molecule has 1 amide bonds. The van der Waals surface area contributed by atoms with E-state index in [-0.39, 0.29) is 34.2 Å². The molecule has 0 spiro atoms. The lowest BCUT2D eigenvalue weighted by Crippen LogP contribution is -2.45. The average molecular weight is 529 g/mol. The number of nitrogens with one attached hydrogen (secondary N) is 1. The van der Waals surface area contributed by atoms with Gasteiger partial charge in [0.15, 0.2) is 11.5 Å². The summed E-state index contributed by atoms with van der Waals surface area (Å²) in [5.41, 5.74) is 1.86. The maximum absolute atomic E-state index is 13.2. The molecule has 2 heterocycles. The summed E-state index contributed by atoms with van der Waals surface area (Å²) in [4.78, 5) is 17.6. The summed E-state index contributed by atoms with van der Waals surface area (Å²) < 4.78 is 52.8. The normalized spacial score (nSPS) is 16.5. The summed E-state index contributed by atoms with van der Waals surface area (Å²) in [6, 6.07) is 9.31. The molecule has 2 aliphatic heterocycles. The molecule has 2 aromatic carbocycles. The second kappa shape index (κ2) is 10.1. The zero-order valence-corrected chi connectivity index (χ0v) is 21.0. The van der Waals surface area contributed by atoms with Crippen molar-refractivity contribution < 1.29 is 27.1 Å². The molecular weight excluding hydrogens is 507 g/mol. The number of amides is 1. The van der Waals surface area contributed by atoms with Gasteiger partial charge in [0.1, 0.15) is 18.3 Å². The van der Waals surface area contributed by atoms with Gasteiger partial charge >= 0.3 is 0 Å². The number of halogens is 1. The van der Waals surface area contributed by atoms with Gasteiger partial charge in [-0.25, -0.2) is 17.7 Å². The first-order valence-corrected chi connectivity index (χ1v) is 13.2. The molecule has 2 aliphatic rings. The predicted molar refractivity (Wildman–Crippen MR) is 137 cm³/mol. The predicted octanol–water partition coefficient (Wildman–Crippen LogP) is 3.76. The van der Waals surface area contributed by atoms with Crippen molar-refractivity contribution in [2.75, 3.05) is 13.4 Å². The zero-order valence-electron chi connectivity index (χ0n) is 19.3. The Bertz CT molecular complexity index is 1460. The Labute approximate surface area is 211 Å². The molecule has 0 bridgehead atoms. The van der Waals surface area contributed by atoms with Gasteiger partial charge in [0.2, 0.25) is 20.2 Å². The van der Waals surface area contributed by atoms with Crippen LogP contribution in [-0.4, -0.2) is 48.8 Å². The first-order valence-electron chi connectivity index (χ1n) is 10.5. The molecule has 12 heteroatoms. The summed E-state index contributed by atoms with van der Waals surface area (Å²) in [6.07, 6.45) is 4.50. The van der Waals surface area contributed by atoms with E-state index in [2.05, 4.69) is 16.0 Å². The Morgan fingerprint density at radius 3 is 2.61 bits per heavy atom. The highest BCUT2D eigenvalue weighted by atomic mass is 32.2. The number of amidine groups is 3. The molecule has 1 N–H and O–H groups in total. The summed E-state index contributed by atoms with van der Waals surface area (Å²) in [5, 5.41) is 8.17. The Hall–Kier alpha value is -3.77. The maximum Gasteiger partial charge on any atom is 0.283 e. The number of carbonyl (C=O) groups excluding carboxylic acids is 1. The van der Waals surface area contributed by atoms with Crippen molar-refractivity contribution in [2.24, 2.45) is 9.39 Å². The molecule has 0 saturated heterocycles. The van der Waals surface area contributed by atoms with E-state index in [1.165, 1.54) is 25.3 Å². The summed E-state index contributed by atoms with van der Waals surface area (Å²) in [7, 11) is -2.29. The largest absolute Gasteiger partial charge is 0.493 e. The Morgan fingerprint density at radius 2 is 1.97 bits per heavy atom. The SMILES string of the molecule is C=CCc1cc(/C=C2/C(=N)N3C(=NC2=O)SN=C3S(C)(=O)=O)cc(OC)c1OCc1ccc(F)cc1. The molecule has 0 unspecified atom stereocenters. The first-order chi connectivity index (χ1) is 17.1. The van der Waals surface area contributed by atoms with Crippen molar-refractivity contribution in [3.05, 3.63) is 77.1 Å². The molecule has 0 fully saturated rings. The third-order valence-corrected chi connectivity index (χ3v) is 6.93. The van der Waals surface area contributed by atoms with Crippen LogP contribution in [0.3, 0.4) is 0 Å². The van der Waals surface area contributed by atoms with E-state index in [1.807, 2.05) is 0 Å². The third kappa shape index (κ3) is 5.09. The number of hydrogen-bond acceptors (Lipinski definition) is 8. The quantitative estimate of drug-likeness (QED) is 0.330. The molecular formula is C24H21FN4O5S2. The first kappa shape index (κ1) is 25.3. The average Bonchev–Trinajstić information content (AvgIpc) is 3.26. The minimum atomic E-state index is -3.76. The van der Waals surface area contributed by atoms with E-state index in [9.17, 15) is 17.6 Å². The number of methoxy groups -OCH3 is 1. The van der Waals surface area contributed by atoms with Crippen molar-refractivity contribution in [3.63, 3.8) is 0 Å². The zero-order chi connectivity index (χ0) is 26.0. The molecule has 36 heavy (non-hydrogen) atoms. The van der Waals surface area contributed by atoms with E-state index >= 15 is 0 Å². The van der Waals surface area contributed by atoms with Gasteiger partial charge < -0.3 is 9.47 Å². The van der Waals surface area contributed by atoms with Crippen LogP contribution in [0.1, 0.15) is 16.7 Å². The highest BCUT2D eigenvalue weighted by molar-refractivity contribution is 8.16. The van der Waals surface area contributed by atoms with E-state index < -0.39 is 15.7 Å². The van der Waals surface area contributed by atoms with Crippen molar-refractivity contribution in [1.29, 1.82) is 5.41 Å². The smallest absolute Gasteiger partial charge is 0.283 e. The number of sulfone groups is 1. The van der Waals surface area contributed by atoms with Crippen molar-refractivity contribution in [1.82, 2.24) is 4.90 Å². The van der Waals surface area contributed by atoms with Crippen LogP contribution in [0.15, 0.2) is 64.0 Å². The molecule has 0 radical (unpaired) electrons. The summed E-state index contributed by atoms with van der Waals surface area (Å²) in [5.74, 6) is -0.554. The van der Waals surface area contributed by atoms with E-state index in [4.69, 9.17) is 14.9 Å². The van der Waals surface area contributed by atoms with E-state index in [1.54, 1.807) is 30.3 Å². The fourth-order valence-electron chi connectivity index (χ4n) is 3.53. The number of allylic oxidation sites excluding steroid dienone is 1. The Kier molecular flexibility index (Phi) is 7.09. The van der Waals surface area contributed by atoms with Crippen LogP contribution < -0.4 is 9.47 Å². The third-order valence-electron chi connectivity index (χ3n) is 5.17. The minimum Gasteiger partial charge on any atom is -0.493 e. The van der Waals surface area contributed by atoms with Gasteiger partial charge in [-0.2, -0.15) is 9.39 Å². The molecule has 0 aliphatic carbocycles. The second-order valence-corrected chi connectivity index (χ2v) is 10.4. The lowest BCUT2D eigenvalue weighted by atomic mass is 10.0. The van der Waals surface area contributed by atoms with E-state index in [0.717, 1.165) is 28.7 Å². The molecule has 4 rings (SSSR count). The highest BCUT2D eigenvalue weighted by Gasteiger charge is 2.41. The summed E-state index contributed by atoms with van der Waals surface area (Å²) in [6.45, 7) is 3.95. The standard InChI is InChI=1S/C24H21FN4O5S2/c1-4-5-16-10-15(12-19(33-2)20(16)34-13-14-6-8-17(25)9-7-14)11-18-21(26)29-23(27-22(18)30)35-28-24(29)36(3,31)32/h4,6-12,26H,1,5,13H2,2-3H3/b18-11-,26-21?. The number of hydrogen-bond donors (Lipinski definition) is 1. The summed E-state index contributed by atoms with van der Waals surface area (Å²) >= 11 is 0.726. The molecule has 9 nitrogen and oxygen atoms in total. The van der Waals surface area contributed by atoms with Crippen LogP contribution >= 0.6 is 11.9 Å². The van der Waals surface area contributed by atoms with Crippen LogP contribution in [-0.2, 0) is 27.7 Å². The number of nitrogens with zero attached hydrogens (tertiary/aromatic N) is 3. The van der Waals surface area contributed by atoms with Crippen LogP contribution in [0.2, 0.25) is 0 Å². The topological polar surface area (TPSA) is 121 Å². The van der Waals surface area contributed by atoms with Gasteiger partial charge in [-0.3, -0.25) is 10.2 Å². The van der Waals surface area contributed by atoms with E-state index in [0.29, 0.717) is 29.0 Å².